The van der Waals surface area contributed by atoms with E-state index in [1.54, 1.807) is 20.8 Å². The number of ether oxygens (including phenoxy) is 1. The molecule has 0 aliphatic rings. The fourth-order valence-corrected chi connectivity index (χ4v) is 2.59. The summed E-state index contributed by atoms with van der Waals surface area (Å²) in [6.45, 7) is 5.09. The molecule has 7 heteroatoms. The van der Waals surface area contributed by atoms with E-state index in [4.69, 9.17) is 4.74 Å². The molecule has 0 heterocycles. The number of nitrogens with one attached hydrogen (secondary N) is 1. The molecule has 6 nitrogen and oxygen atoms in total. The number of rotatable bonds is 4. The topological polar surface area (TPSA) is 92.7 Å². The van der Waals surface area contributed by atoms with Crippen LogP contribution in [0, 0.1) is 0 Å². The molecule has 0 aromatic heterocycles. The van der Waals surface area contributed by atoms with E-state index in [9.17, 15) is 18.3 Å². The smallest absolute Gasteiger partial charge is 0.407 e. The molecule has 1 aromatic carbocycles. The van der Waals surface area contributed by atoms with Crippen LogP contribution in [0.3, 0.4) is 0 Å². The van der Waals surface area contributed by atoms with E-state index in [0.29, 0.717) is 0 Å². The molecule has 0 bridgehead atoms. The van der Waals surface area contributed by atoms with Crippen molar-refractivity contribution in [1.29, 1.82) is 0 Å². The van der Waals surface area contributed by atoms with Gasteiger partial charge in [-0.15, -0.1) is 0 Å². The predicted molar refractivity (Wildman–Crippen MR) is 74.4 cm³/mol. The van der Waals surface area contributed by atoms with Crippen molar-refractivity contribution in [3.05, 3.63) is 24.3 Å². The van der Waals surface area contributed by atoms with Gasteiger partial charge < -0.3 is 15.2 Å². The number of carbonyl (C=O) groups excluding carboxylic acids is 1. The highest BCUT2D eigenvalue weighted by atomic mass is 32.2. The fourth-order valence-electron chi connectivity index (χ4n) is 1.40. The van der Waals surface area contributed by atoms with E-state index in [1.165, 1.54) is 24.3 Å². The van der Waals surface area contributed by atoms with Crippen molar-refractivity contribution in [2.75, 3.05) is 12.3 Å². The quantitative estimate of drug-likeness (QED) is 0.883. The molecule has 1 amide bonds. The maximum absolute atomic E-state index is 11.9. The summed E-state index contributed by atoms with van der Waals surface area (Å²) in [6, 6.07) is 5.40. The zero-order chi connectivity index (χ0) is 15.4. The van der Waals surface area contributed by atoms with Crippen LogP contribution in [0.1, 0.15) is 20.8 Å². The van der Waals surface area contributed by atoms with E-state index >= 15 is 0 Å². The van der Waals surface area contributed by atoms with Gasteiger partial charge in [0.2, 0.25) is 0 Å². The summed E-state index contributed by atoms with van der Waals surface area (Å²) in [4.78, 5) is 11.4. The summed E-state index contributed by atoms with van der Waals surface area (Å²) >= 11 is 0. The maximum Gasteiger partial charge on any atom is 0.407 e. The molecule has 20 heavy (non-hydrogen) atoms. The Kier molecular flexibility index (Phi) is 4.99. The highest BCUT2D eigenvalue weighted by molar-refractivity contribution is 7.91. The predicted octanol–water partition coefficient (Wildman–Crippen LogP) is 1.69. The van der Waals surface area contributed by atoms with Crippen LogP contribution < -0.4 is 5.32 Å². The summed E-state index contributed by atoms with van der Waals surface area (Å²) in [5, 5.41) is 11.6. The number of phenols is 1. The second-order valence-corrected chi connectivity index (χ2v) is 7.35. The Morgan fingerprint density at radius 2 is 2.00 bits per heavy atom. The molecule has 1 rings (SSSR count). The maximum atomic E-state index is 11.9. The number of benzene rings is 1. The van der Waals surface area contributed by atoms with Gasteiger partial charge in [0.05, 0.1) is 10.6 Å². The molecule has 0 atom stereocenters. The van der Waals surface area contributed by atoms with Gasteiger partial charge in [-0.1, -0.05) is 6.07 Å². The van der Waals surface area contributed by atoms with Crippen molar-refractivity contribution in [3.8, 4) is 5.75 Å². The molecule has 112 valence electrons. The van der Waals surface area contributed by atoms with Crippen molar-refractivity contribution in [1.82, 2.24) is 5.32 Å². The normalized spacial score (nSPS) is 11.9. The Labute approximate surface area is 118 Å². The molecule has 0 fully saturated rings. The minimum Gasteiger partial charge on any atom is -0.508 e. The van der Waals surface area contributed by atoms with Crippen LogP contribution in [-0.4, -0.2) is 37.5 Å². The Balaban J connectivity index is 2.55. The number of hydrogen-bond donors (Lipinski definition) is 2. The van der Waals surface area contributed by atoms with Gasteiger partial charge in [0, 0.05) is 6.54 Å². The minimum absolute atomic E-state index is 0.0171. The number of alkyl carbamates (subject to hydrolysis) is 1. The van der Waals surface area contributed by atoms with Crippen LogP contribution in [0.4, 0.5) is 4.79 Å². The molecule has 0 saturated heterocycles. The lowest BCUT2D eigenvalue weighted by atomic mass is 10.2. The standard InChI is InChI=1S/C13H19NO5S/c1-13(2,3)19-12(16)14-7-8-20(17,18)11-6-4-5-10(15)9-11/h4-6,9,15H,7-8H2,1-3H3,(H,14,16). The van der Waals surface area contributed by atoms with Crippen molar-refractivity contribution in [2.24, 2.45) is 0 Å². The van der Waals surface area contributed by atoms with Crippen LogP contribution in [0.25, 0.3) is 0 Å². The van der Waals surface area contributed by atoms with Crippen molar-refractivity contribution in [3.63, 3.8) is 0 Å². The first-order valence-electron chi connectivity index (χ1n) is 6.09. The van der Waals surface area contributed by atoms with Gasteiger partial charge in [-0.3, -0.25) is 0 Å². The highest BCUT2D eigenvalue weighted by Crippen LogP contribution is 2.16. The molecule has 0 spiro atoms. The average Bonchev–Trinajstić information content (AvgIpc) is 2.26. The third-order valence-electron chi connectivity index (χ3n) is 2.22. The summed E-state index contributed by atoms with van der Waals surface area (Å²) in [7, 11) is -3.55. The SMILES string of the molecule is CC(C)(C)OC(=O)NCCS(=O)(=O)c1cccc(O)c1. The van der Waals surface area contributed by atoms with Gasteiger partial charge in [0.1, 0.15) is 11.4 Å². The van der Waals surface area contributed by atoms with Gasteiger partial charge in [0.25, 0.3) is 0 Å². The van der Waals surface area contributed by atoms with Gasteiger partial charge in [0.15, 0.2) is 9.84 Å². The third-order valence-corrected chi connectivity index (χ3v) is 3.93. The largest absolute Gasteiger partial charge is 0.508 e. The lowest BCUT2D eigenvalue weighted by Crippen LogP contribution is -2.35. The van der Waals surface area contributed by atoms with Gasteiger partial charge in [-0.2, -0.15) is 0 Å². The van der Waals surface area contributed by atoms with E-state index in [2.05, 4.69) is 5.32 Å². The van der Waals surface area contributed by atoms with Gasteiger partial charge >= 0.3 is 6.09 Å². The van der Waals surface area contributed by atoms with Gasteiger partial charge in [-0.05, 0) is 39.0 Å². The molecule has 0 aliphatic heterocycles. The number of hydrogen-bond acceptors (Lipinski definition) is 5. The van der Waals surface area contributed by atoms with Gasteiger partial charge in [-0.25, -0.2) is 13.2 Å². The van der Waals surface area contributed by atoms with Crippen LogP contribution in [0.15, 0.2) is 29.2 Å². The molecule has 0 saturated carbocycles. The van der Waals surface area contributed by atoms with Crippen molar-refractivity contribution in [2.45, 2.75) is 31.3 Å². The molecular weight excluding hydrogens is 282 g/mol. The number of sulfone groups is 1. The van der Waals surface area contributed by atoms with Crippen molar-refractivity contribution >= 4 is 15.9 Å². The lowest BCUT2D eigenvalue weighted by molar-refractivity contribution is 0.0531. The molecule has 0 unspecified atom stereocenters. The lowest BCUT2D eigenvalue weighted by Gasteiger charge is -2.19. The molecule has 1 aromatic rings. The number of phenolic OH excluding ortho intramolecular Hbond substituents is 1. The molecule has 0 radical (unpaired) electrons. The van der Waals surface area contributed by atoms with E-state index < -0.39 is 21.5 Å². The Morgan fingerprint density at radius 3 is 2.55 bits per heavy atom. The van der Waals surface area contributed by atoms with E-state index in [1.807, 2.05) is 0 Å². The molecular formula is C13H19NO5S. The second kappa shape index (κ2) is 6.13. The van der Waals surface area contributed by atoms with E-state index in [-0.39, 0.29) is 22.9 Å². The number of carbonyl (C=O) groups is 1. The summed E-state index contributed by atoms with van der Waals surface area (Å²) < 4.78 is 28.9. The van der Waals surface area contributed by atoms with E-state index in [0.717, 1.165) is 0 Å². The first kappa shape index (κ1) is 16.3. The first-order chi connectivity index (χ1) is 9.10. The Hall–Kier alpha value is -1.76. The van der Waals surface area contributed by atoms with Crippen LogP contribution in [-0.2, 0) is 14.6 Å². The average molecular weight is 301 g/mol. The van der Waals surface area contributed by atoms with Crippen molar-refractivity contribution < 1.29 is 23.1 Å². The van der Waals surface area contributed by atoms with Crippen LogP contribution in [0.5, 0.6) is 5.75 Å². The Morgan fingerprint density at radius 1 is 1.35 bits per heavy atom. The summed E-state index contributed by atoms with van der Waals surface area (Å²) in [5.74, 6) is -0.387. The summed E-state index contributed by atoms with van der Waals surface area (Å²) in [5.41, 5.74) is -0.631. The Bertz CT molecular complexity index is 575. The summed E-state index contributed by atoms with van der Waals surface area (Å²) in [6.07, 6.45) is -0.663. The minimum atomic E-state index is -3.55. The molecule has 2 N–H and O–H groups in total. The zero-order valence-electron chi connectivity index (χ0n) is 11.7. The monoisotopic (exact) mass is 301 g/mol. The first-order valence-corrected chi connectivity index (χ1v) is 7.74. The van der Waals surface area contributed by atoms with Crippen LogP contribution in [0.2, 0.25) is 0 Å². The zero-order valence-corrected chi connectivity index (χ0v) is 12.5. The number of aromatic hydroxyl groups is 1. The highest BCUT2D eigenvalue weighted by Gasteiger charge is 2.18. The second-order valence-electron chi connectivity index (χ2n) is 5.24. The fraction of sp³-hybridized carbons (Fsp3) is 0.462. The molecule has 0 aliphatic carbocycles. The number of amides is 1. The van der Waals surface area contributed by atoms with Crippen LogP contribution >= 0.6 is 0 Å². The third kappa shape index (κ3) is 5.48.